The van der Waals surface area contributed by atoms with E-state index < -0.39 is 0 Å². The lowest BCUT2D eigenvalue weighted by molar-refractivity contribution is 0.0864. The minimum absolute atomic E-state index is 0.171. The Morgan fingerprint density at radius 3 is 2.45 bits per heavy atom. The molecule has 11 heavy (non-hydrogen) atoms. The van der Waals surface area contributed by atoms with E-state index in [2.05, 4.69) is 0 Å². The molecule has 0 heterocycles. The van der Waals surface area contributed by atoms with Gasteiger partial charge in [-0.1, -0.05) is 19.3 Å². The summed E-state index contributed by atoms with van der Waals surface area (Å²) >= 11 is 0. The van der Waals surface area contributed by atoms with E-state index in [1.54, 1.807) is 0 Å². The Morgan fingerprint density at radius 2 is 2.09 bits per heavy atom. The van der Waals surface area contributed by atoms with Gasteiger partial charge in [-0.2, -0.15) is 0 Å². The second-order valence-corrected chi connectivity index (χ2v) is 4.28. The molecule has 2 aliphatic carbocycles. The van der Waals surface area contributed by atoms with Gasteiger partial charge in [0, 0.05) is 5.54 Å². The monoisotopic (exact) mass is 155 g/mol. The van der Waals surface area contributed by atoms with Crippen LogP contribution in [0.15, 0.2) is 0 Å². The summed E-state index contributed by atoms with van der Waals surface area (Å²) in [6, 6.07) is 0. The number of aliphatic hydroxyl groups is 1. The summed E-state index contributed by atoms with van der Waals surface area (Å²) in [6.45, 7) is 0. The molecule has 2 heteroatoms. The van der Waals surface area contributed by atoms with Gasteiger partial charge in [0.25, 0.3) is 0 Å². The number of aliphatic hydroxyl groups excluding tert-OH is 1. The van der Waals surface area contributed by atoms with E-state index in [-0.39, 0.29) is 11.6 Å². The van der Waals surface area contributed by atoms with Crippen LogP contribution in [-0.2, 0) is 0 Å². The van der Waals surface area contributed by atoms with Crippen molar-refractivity contribution in [2.75, 3.05) is 0 Å². The Hall–Kier alpha value is -0.0800. The zero-order valence-electron chi connectivity index (χ0n) is 6.92. The Kier molecular flexibility index (Phi) is 1.69. The number of nitrogens with two attached hydrogens (primary N) is 1. The smallest absolute Gasteiger partial charge is 0.0722 e. The molecule has 0 aromatic carbocycles. The SMILES string of the molecule is NC1(C(O)CC2CCC2)CC1. The highest BCUT2D eigenvalue weighted by atomic mass is 16.3. The Labute approximate surface area is 67.8 Å². The average molecular weight is 155 g/mol. The summed E-state index contributed by atoms with van der Waals surface area (Å²) in [5, 5.41) is 9.66. The molecule has 0 saturated heterocycles. The molecule has 0 aliphatic heterocycles. The van der Waals surface area contributed by atoms with E-state index in [9.17, 15) is 5.11 Å². The predicted molar refractivity (Wildman–Crippen MR) is 44.1 cm³/mol. The van der Waals surface area contributed by atoms with E-state index in [0.717, 1.165) is 25.2 Å². The van der Waals surface area contributed by atoms with E-state index in [1.165, 1.54) is 19.3 Å². The van der Waals surface area contributed by atoms with Crippen LogP contribution < -0.4 is 5.73 Å². The van der Waals surface area contributed by atoms with E-state index in [1.807, 2.05) is 0 Å². The molecular formula is C9H17NO. The zero-order valence-corrected chi connectivity index (χ0v) is 6.92. The standard InChI is InChI=1S/C9H17NO/c10-9(4-5-9)8(11)6-7-2-1-3-7/h7-8,11H,1-6,10H2. The third kappa shape index (κ3) is 1.42. The van der Waals surface area contributed by atoms with Crippen LogP contribution in [0.1, 0.15) is 38.5 Å². The maximum atomic E-state index is 9.66. The van der Waals surface area contributed by atoms with Crippen molar-refractivity contribution in [1.82, 2.24) is 0 Å². The Morgan fingerprint density at radius 1 is 1.45 bits per heavy atom. The molecule has 64 valence electrons. The van der Waals surface area contributed by atoms with Crippen molar-refractivity contribution in [3.63, 3.8) is 0 Å². The first-order valence-electron chi connectivity index (χ1n) is 4.68. The normalized spacial score (nSPS) is 31.1. The van der Waals surface area contributed by atoms with Crippen LogP contribution in [0.25, 0.3) is 0 Å². The van der Waals surface area contributed by atoms with Crippen LogP contribution in [-0.4, -0.2) is 16.7 Å². The van der Waals surface area contributed by atoms with Crippen molar-refractivity contribution < 1.29 is 5.11 Å². The Balaban J connectivity index is 1.76. The summed E-state index contributed by atoms with van der Waals surface area (Å²) < 4.78 is 0. The fraction of sp³-hybridized carbons (Fsp3) is 1.00. The molecule has 3 N–H and O–H groups in total. The maximum absolute atomic E-state index is 9.66. The van der Waals surface area contributed by atoms with Gasteiger partial charge in [0.1, 0.15) is 0 Å². The highest BCUT2D eigenvalue weighted by Gasteiger charge is 2.45. The summed E-state index contributed by atoms with van der Waals surface area (Å²) in [6.07, 6.45) is 6.78. The average Bonchev–Trinajstić information content (AvgIpc) is 2.59. The maximum Gasteiger partial charge on any atom is 0.0722 e. The van der Waals surface area contributed by atoms with Gasteiger partial charge in [-0.05, 0) is 25.2 Å². The molecular weight excluding hydrogens is 138 g/mol. The van der Waals surface area contributed by atoms with Crippen molar-refractivity contribution in [1.29, 1.82) is 0 Å². The molecule has 0 radical (unpaired) electrons. The first-order chi connectivity index (χ1) is 5.21. The molecule has 0 spiro atoms. The first kappa shape index (κ1) is 7.56. The van der Waals surface area contributed by atoms with Gasteiger partial charge in [-0.3, -0.25) is 0 Å². The molecule has 2 saturated carbocycles. The lowest BCUT2D eigenvalue weighted by Crippen LogP contribution is -2.39. The van der Waals surface area contributed by atoms with Gasteiger partial charge in [0.2, 0.25) is 0 Å². The molecule has 1 unspecified atom stereocenters. The summed E-state index contributed by atoms with van der Waals surface area (Å²) in [4.78, 5) is 0. The highest BCUT2D eigenvalue weighted by Crippen LogP contribution is 2.41. The van der Waals surface area contributed by atoms with Crippen molar-refractivity contribution in [3.8, 4) is 0 Å². The van der Waals surface area contributed by atoms with Crippen molar-refractivity contribution >= 4 is 0 Å². The van der Waals surface area contributed by atoms with Crippen LogP contribution in [0.4, 0.5) is 0 Å². The van der Waals surface area contributed by atoms with Crippen LogP contribution in [0.5, 0.6) is 0 Å². The van der Waals surface area contributed by atoms with E-state index in [0.29, 0.717) is 0 Å². The van der Waals surface area contributed by atoms with Crippen molar-refractivity contribution in [2.45, 2.75) is 50.2 Å². The van der Waals surface area contributed by atoms with Crippen LogP contribution in [0.2, 0.25) is 0 Å². The van der Waals surface area contributed by atoms with Crippen molar-refractivity contribution in [3.05, 3.63) is 0 Å². The molecule has 0 aromatic rings. The second kappa shape index (κ2) is 2.46. The van der Waals surface area contributed by atoms with Crippen LogP contribution in [0.3, 0.4) is 0 Å². The van der Waals surface area contributed by atoms with Crippen molar-refractivity contribution in [2.24, 2.45) is 11.7 Å². The van der Waals surface area contributed by atoms with Gasteiger partial charge in [-0.15, -0.1) is 0 Å². The van der Waals surface area contributed by atoms with E-state index in [4.69, 9.17) is 5.73 Å². The molecule has 1 atom stereocenters. The molecule has 2 fully saturated rings. The first-order valence-corrected chi connectivity index (χ1v) is 4.68. The molecule has 2 rings (SSSR count). The third-order valence-electron chi connectivity index (χ3n) is 3.27. The summed E-state index contributed by atoms with van der Waals surface area (Å²) in [7, 11) is 0. The highest BCUT2D eigenvalue weighted by molar-refractivity contribution is 5.05. The quantitative estimate of drug-likeness (QED) is 0.639. The van der Waals surface area contributed by atoms with Crippen LogP contribution >= 0.6 is 0 Å². The number of rotatable bonds is 3. The van der Waals surface area contributed by atoms with Gasteiger partial charge < -0.3 is 10.8 Å². The molecule has 2 nitrogen and oxygen atoms in total. The second-order valence-electron chi connectivity index (χ2n) is 4.28. The zero-order chi connectivity index (χ0) is 7.90. The lowest BCUT2D eigenvalue weighted by Gasteiger charge is -2.29. The minimum Gasteiger partial charge on any atom is -0.391 e. The molecule has 0 bridgehead atoms. The topological polar surface area (TPSA) is 46.2 Å². The third-order valence-corrected chi connectivity index (χ3v) is 3.27. The number of hydrogen-bond donors (Lipinski definition) is 2. The molecule has 2 aliphatic rings. The number of hydrogen-bond acceptors (Lipinski definition) is 2. The fourth-order valence-electron chi connectivity index (χ4n) is 1.76. The Bertz CT molecular complexity index is 150. The van der Waals surface area contributed by atoms with Gasteiger partial charge in [-0.25, -0.2) is 0 Å². The fourth-order valence-corrected chi connectivity index (χ4v) is 1.76. The molecule has 0 amide bonds. The predicted octanol–water partition coefficient (Wildman–Crippen LogP) is 1.03. The summed E-state index contributed by atoms with van der Waals surface area (Å²) in [5.74, 6) is 0.783. The van der Waals surface area contributed by atoms with E-state index >= 15 is 0 Å². The largest absolute Gasteiger partial charge is 0.391 e. The molecule has 0 aromatic heterocycles. The van der Waals surface area contributed by atoms with Gasteiger partial charge >= 0.3 is 0 Å². The van der Waals surface area contributed by atoms with Crippen LogP contribution in [0, 0.1) is 5.92 Å². The minimum atomic E-state index is -0.215. The van der Waals surface area contributed by atoms with Gasteiger partial charge in [0.15, 0.2) is 0 Å². The lowest BCUT2D eigenvalue weighted by atomic mass is 9.80. The van der Waals surface area contributed by atoms with Gasteiger partial charge in [0.05, 0.1) is 6.10 Å². The summed E-state index contributed by atoms with van der Waals surface area (Å²) in [5.41, 5.74) is 5.70.